The molecule has 0 saturated carbocycles. The summed E-state index contributed by atoms with van der Waals surface area (Å²) in [5.74, 6) is -1.43. The van der Waals surface area contributed by atoms with E-state index in [0.717, 1.165) is 16.7 Å². The van der Waals surface area contributed by atoms with Crippen molar-refractivity contribution < 1.29 is 19.4 Å². The molecule has 1 amide bonds. The van der Waals surface area contributed by atoms with Crippen LogP contribution < -0.4 is 5.32 Å². The fraction of sp³-hybridized carbons (Fsp3) is 0.300. The zero-order valence-electron chi connectivity index (χ0n) is 14.5. The van der Waals surface area contributed by atoms with Crippen molar-refractivity contribution in [1.29, 1.82) is 0 Å². The summed E-state index contributed by atoms with van der Waals surface area (Å²) >= 11 is 0. The van der Waals surface area contributed by atoms with Crippen LogP contribution in [-0.2, 0) is 20.9 Å². The second-order valence-corrected chi connectivity index (χ2v) is 5.97. The molecule has 0 bridgehead atoms. The van der Waals surface area contributed by atoms with E-state index in [1.165, 1.54) is 0 Å². The molecule has 5 nitrogen and oxygen atoms in total. The summed E-state index contributed by atoms with van der Waals surface area (Å²) in [5, 5.41) is 12.0. The lowest BCUT2D eigenvalue weighted by atomic mass is 10.0. The first-order chi connectivity index (χ1) is 12.0. The molecular weight excluding hydrogens is 318 g/mol. The molecule has 0 aliphatic heterocycles. The summed E-state index contributed by atoms with van der Waals surface area (Å²) in [5.41, 5.74) is 3.66. The SMILES string of the molecule is Cc1ccc(C(NC(=O)CCOCc2ccccc2)C(=O)O)cc1C. The maximum atomic E-state index is 12.0. The van der Waals surface area contributed by atoms with Crippen LogP contribution in [0.4, 0.5) is 0 Å². The third-order valence-electron chi connectivity index (χ3n) is 4.00. The molecule has 0 fully saturated rings. The van der Waals surface area contributed by atoms with Crippen LogP contribution in [-0.4, -0.2) is 23.6 Å². The molecule has 5 heteroatoms. The Bertz CT molecular complexity index is 728. The van der Waals surface area contributed by atoms with Gasteiger partial charge >= 0.3 is 5.97 Å². The molecular formula is C20H23NO4. The van der Waals surface area contributed by atoms with Gasteiger partial charge < -0.3 is 15.2 Å². The Morgan fingerprint density at radius 1 is 1.08 bits per heavy atom. The molecule has 0 heterocycles. The molecule has 2 aromatic carbocycles. The van der Waals surface area contributed by atoms with Gasteiger partial charge in [0.15, 0.2) is 6.04 Å². The lowest BCUT2D eigenvalue weighted by Crippen LogP contribution is -2.34. The van der Waals surface area contributed by atoms with Gasteiger partial charge in [0.2, 0.25) is 5.91 Å². The molecule has 0 aromatic heterocycles. The summed E-state index contributed by atoms with van der Waals surface area (Å²) < 4.78 is 5.46. The van der Waals surface area contributed by atoms with Crippen LogP contribution in [0.3, 0.4) is 0 Å². The largest absolute Gasteiger partial charge is 0.479 e. The number of rotatable bonds is 8. The number of hydrogen-bond acceptors (Lipinski definition) is 3. The predicted octanol–water partition coefficient (Wildman–Crippen LogP) is 3.15. The number of carboxylic acids is 1. The second kappa shape index (κ2) is 8.99. The van der Waals surface area contributed by atoms with Crippen LogP contribution in [0.15, 0.2) is 48.5 Å². The number of aliphatic carboxylic acids is 1. The van der Waals surface area contributed by atoms with Gasteiger partial charge in [-0.15, -0.1) is 0 Å². The van der Waals surface area contributed by atoms with Crippen LogP contribution in [0.1, 0.15) is 34.7 Å². The quantitative estimate of drug-likeness (QED) is 0.723. The number of ether oxygens (including phenoxy) is 1. The van der Waals surface area contributed by atoms with Gasteiger partial charge in [0.25, 0.3) is 0 Å². The summed E-state index contributed by atoms with van der Waals surface area (Å²) in [7, 11) is 0. The van der Waals surface area contributed by atoms with E-state index >= 15 is 0 Å². The van der Waals surface area contributed by atoms with Crippen molar-refractivity contribution in [1.82, 2.24) is 5.32 Å². The topological polar surface area (TPSA) is 75.6 Å². The molecule has 0 aliphatic carbocycles. The Labute approximate surface area is 147 Å². The summed E-state index contributed by atoms with van der Waals surface area (Å²) in [6.07, 6.45) is 0.113. The van der Waals surface area contributed by atoms with E-state index in [-0.39, 0.29) is 18.9 Å². The van der Waals surface area contributed by atoms with Crippen molar-refractivity contribution in [2.75, 3.05) is 6.61 Å². The minimum absolute atomic E-state index is 0.113. The van der Waals surface area contributed by atoms with Crippen molar-refractivity contribution in [3.8, 4) is 0 Å². The summed E-state index contributed by atoms with van der Waals surface area (Å²) in [6.45, 7) is 4.53. The Hall–Kier alpha value is -2.66. The lowest BCUT2D eigenvalue weighted by Gasteiger charge is -2.16. The molecule has 0 aliphatic rings. The van der Waals surface area contributed by atoms with Gasteiger partial charge in [-0.1, -0.05) is 48.5 Å². The van der Waals surface area contributed by atoms with E-state index in [4.69, 9.17) is 4.74 Å². The first kappa shape index (κ1) is 18.7. The maximum Gasteiger partial charge on any atom is 0.330 e. The Morgan fingerprint density at radius 3 is 2.44 bits per heavy atom. The number of carboxylic acid groups (broad SMARTS) is 1. The third-order valence-corrected chi connectivity index (χ3v) is 4.00. The van der Waals surface area contributed by atoms with Crippen LogP contribution in [0.5, 0.6) is 0 Å². The predicted molar refractivity (Wildman–Crippen MR) is 95.2 cm³/mol. The number of aryl methyl sites for hydroxylation is 2. The number of hydrogen-bond donors (Lipinski definition) is 2. The highest BCUT2D eigenvalue weighted by Gasteiger charge is 2.22. The van der Waals surface area contributed by atoms with Gasteiger partial charge in [0, 0.05) is 0 Å². The number of amides is 1. The highest BCUT2D eigenvalue weighted by Crippen LogP contribution is 2.17. The molecule has 2 N–H and O–H groups in total. The van der Waals surface area contributed by atoms with E-state index in [9.17, 15) is 14.7 Å². The number of nitrogens with one attached hydrogen (secondary N) is 1. The molecule has 1 unspecified atom stereocenters. The molecule has 0 saturated heterocycles. The van der Waals surface area contributed by atoms with Gasteiger partial charge in [0.1, 0.15) is 0 Å². The van der Waals surface area contributed by atoms with E-state index in [1.54, 1.807) is 12.1 Å². The van der Waals surface area contributed by atoms with Gasteiger partial charge in [-0.25, -0.2) is 4.79 Å². The number of carbonyl (C=O) groups is 2. The van der Waals surface area contributed by atoms with E-state index in [1.807, 2.05) is 50.2 Å². The first-order valence-corrected chi connectivity index (χ1v) is 8.18. The van der Waals surface area contributed by atoms with E-state index < -0.39 is 12.0 Å². The Balaban J connectivity index is 1.85. The molecule has 2 rings (SSSR count). The van der Waals surface area contributed by atoms with Crippen LogP contribution in [0.2, 0.25) is 0 Å². The van der Waals surface area contributed by atoms with Gasteiger partial charge in [-0.05, 0) is 36.1 Å². The zero-order chi connectivity index (χ0) is 18.2. The zero-order valence-corrected chi connectivity index (χ0v) is 14.5. The minimum Gasteiger partial charge on any atom is -0.479 e. The minimum atomic E-state index is -1.08. The van der Waals surface area contributed by atoms with Crippen molar-refractivity contribution in [2.45, 2.75) is 32.9 Å². The fourth-order valence-electron chi connectivity index (χ4n) is 2.39. The normalized spacial score (nSPS) is 11.8. The summed E-state index contributed by atoms with van der Waals surface area (Å²) in [6, 6.07) is 14.0. The van der Waals surface area contributed by atoms with Crippen molar-refractivity contribution in [3.63, 3.8) is 0 Å². The highest BCUT2D eigenvalue weighted by molar-refractivity contribution is 5.84. The van der Waals surface area contributed by atoms with Crippen molar-refractivity contribution >= 4 is 11.9 Å². The third kappa shape index (κ3) is 5.72. The molecule has 0 spiro atoms. The average Bonchev–Trinajstić information content (AvgIpc) is 2.60. The molecule has 25 heavy (non-hydrogen) atoms. The van der Waals surface area contributed by atoms with Gasteiger partial charge in [-0.2, -0.15) is 0 Å². The molecule has 1 atom stereocenters. The maximum absolute atomic E-state index is 12.0. The molecule has 0 radical (unpaired) electrons. The van der Waals surface area contributed by atoms with Crippen molar-refractivity contribution in [2.24, 2.45) is 0 Å². The fourth-order valence-corrected chi connectivity index (χ4v) is 2.39. The van der Waals surface area contributed by atoms with E-state index in [0.29, 0.717) is 12.2 Å². The Kier molecular flexibility index (Phi) is 6.71. The summed E-state index contributed by atoms with van der Waals surface area (Å²) in [4.78, 5) is 23.5. The van der Waals surface area contributed by atoms with Crippen LogP contribution >= 0.6 is 0 Å². The van der Waals surface area contributed by atoms with Crippen LogP contribution in [0, 0.1) is 13.8 Å². The van der Waals surface area contributed by atoms with Gasteiger partial charge in [0.05, 0.1) is 19.6 Å². The average molecular weight is 341 g/mol. The molecule has 132 valence electrons. The standard InChI is InChI=1S/C20H23NO4/c1-14-8-9-17(12-15(14)2)19(20(23)24)21-18(22)10-11-25-13-16-6-4-3-5-7-16/h3-9,12,19H,10-11,13H2,1-2H3,(H,21,22)(H,23,24). The molecule has 2 aromatic rings. The van der Waals surface area contributed by atoms with Gasteiger partial charge in [-0.3, -0.25) is 4.79 Å². The van der Waals surface area contributed by atoms with Crippen LogP contribution in [0.25, 0.3) is 0 Å². The Morgan fingerprint density at radius 2 is 1.80 bits per heavy atom. The monoisotopic (exact) mass is 341 g/mol. The number of benzene rings is 2. The smallest absolute Gasteiger partial charge is 0.330 e. The highest BCUT2D eigenvalue weighted by atomic mass is 16.5. The lowest BCUT2D eigenvalue weighted by molar-refractivity contribution is -0.142. The number of carbonyl (C=O) groups excluding carboxylic acids is 1. The first-order valence-electron chi connectivity index (χ1n) is 8.18. The van der Waals surface area contributed by atoms with Crippen molar-refractivity contribution in [3.05, 3.63) is 70.8 Å². The second-order valence-electron chi connectivity index (χ2n) is 5.97. The van der Waals surface area contributed by atoms with E-state index in [2.05, 4.69) is 5.32 Å².